The summed E-state index contributed by atoms with van der Waals surface area (Å²) in [7, 11) is 0. The molecule has 1 rings (SSSR count). The van der Waals surface area contributed by atoms with E-state index in [-0.39, 0.29) is 0 Å². The van der Waals surface area contributed by atoms with Crippen LogP contribution < -0.4 is 0 Å². The Balaban J connectivity index is 3.13. The van der Waals surface area contributed by atoms with E-state index in [9.17, 15) is 4.79 Å². The average Bonchev–Trinajstić information content (AvgIpc) is 2.35. The summed E-state index contributed by atoms with van der Waals surface area (Å²) in [6, 6.07) is 0. The molecule has 0 saturated heterocycles. The first-order chi connectivity index (χ1) is 5.46. The van der Waals surface area contributed by atoms with Crippen molar-refractivity contribution in [2.75, 3.05) is 0 Å². The first-order valence-electron chi connectivity index (χ1n) is 3.57. The number of rotatable bonds is 2. The third-order valence-electron chi connectivity index (χ3n) is 1.77. The minimum absolute atomic E-state index is 0.738. The summed E-state index contributed by atoms with van der Waals surface area (Å²) >= 11 is 0. The standard InChI is InChI=1S/C7H11N3O2/c1-5-4-8-9-10(5)7(2,3)6(11)12/h4H,1-3H3,(H,11,12). The zero-order valence-electron chi connectivity index (χ0n) is 7.27. The van der Waals surface area contributed by atoms with Crippen LogP contribution in [0.1, 0.15) is 19.5 Å². The van der Waals surface area contributed by atoms with Gasteiger partial charge >= 0.3 is 5.97 Å². The molecule has 0 aliphatic carbocycles. The highest BCUT2D eigenvalue weighted by atomic mass is 16.4. The van der Waals surface area contributed by atoms with Gasteiger partial charge in [0.05, 0.1) is 11.9 Å². The molecule has 0 atom stereocenters. The molecule has 0 spiro atoms. The summed E-state index contributed by atoms with van der Waals surface area (Å²) in [5.41, 5.74) is -0.289. The molecule has 5 heteroatoms. The first kappa shape index (κ1) is 8.70. The van der Waals surface area contributed by atoms with Crippen LogP contribution in [0.3, 0.4) is 0 Å². The minimum atomic E-state index is -1.03. The van der Waals surface area contributed by atoms with Gasteiger partial charge in [-0.25, -0.2) is 9.48 Å². The minimum Gasteiger partial charge on any atom is -0.479 e. The fourth-order valence-electron chi connectivity index (χ4n) is 0.930. The van der Waals surface area contributed by atoms with Crippen LogP contribution >= 0.6 is 0 Å². The number of carboxylic acid groups (broad SMARTS) is 1. The summed E-state index contributed by atoms with van der Waals surface area (Å²) in [6.07, 6.45) is 1.53. The van der Waals surface area contributed by atoms with Crippen LogP contribution in [-0.4, -0.2) is 26.1 Å². The molecule has 66 valence electrons. The molecule has 5 nitrogen and oxygen atoms in total. The maximum Gasteiger partial charge on any atom is 0.331 e. The van der Waals surface area contributed by atoms with E-state index >= 15 is 0 Å². The zero-order valence-corrected chi connectivity index (χ0v) is 7.27. The molecule has 0 radical (unpaired) electrons. The van der Waals surface area contributed by atoms with Gasteiger partial charge in [-0.15, -0.1) is 5.10 Å². The van der Waals surface area contributed by atoms with Gasteiger partial charge in [0.15, 0.2) is 5.54 Å². The number of nitrogens with zero attached hydrogens (tertiary/aromatic N) is 3. The highest BCUT2D eigenvalue weighted by Gasteiger charge is 2.31. The number of aromatic nitrogens is 3. The van der Waals surface area contributed by atoms with Gasteiger partial charge in [0.1, 0.15) is 0 Å². The van der Waals surface area contributed by atoms with Crippen LogP contribution in [-0.2, 0) is 10.3 Å². The van der Waals surface area contributed by atoms with Gasteiger partial charge < -0.3 is 5.11 Å². The summed E-state index contributed by atoms with van der Waals surface area (Å²) in [5.74, 6) is -0.920. The SMILES string of the molecule is Cc1cnnn1C(C)(C)C(=O)O. The second-order valence-corrected chi connectivity index (χ2v) is 3.15. The third-order valence-corrected chi connectivity index (χ3v) is 1.77. The summed E-state index contributed by atoms with van der Waals surface area (Å²) in [6.45, 7) is 4.93. The Kier molecular flexibility index (Phi) is 1.87. The average molecular weight is 169 g/mol. The van der Waals surface area contributed by atoms with Crippen molar-refractivity contribution in [2.45, 2.75) is 26.3 Å². The predicted molar refractivity (Wildman–Crippen MR) is 41.7 cm³/mol. The van der Waals surface area contributed by atoms with E-state index in [0.717, 1.165) is 5.69 Å². The van der Waals surface area contributed by atoms with E-state index in [1.807, 2.05) is 0 Å². The van der Waals surface area contributed by atoms with Gasteiger partial charge in [0.2, 0.25) is 0 Å². The Morgan fingerprint density at radius 1 is 1.67 bits per heavy atom. The van der Waals surface area contributed by atoms with Crippen molar-refractivity contribution >= 4 is 5.97 Å². The van der Waals surface area contributed by atoms with Crippen LogP contribution in [0.25, 0.3) is 0 Å². The molecular formula is C7H11N3O2. The molecule has 1 aromatic rings. The van der Waals surface area contributed by atoms with E-state index in [1.54, 1.807) is 20.8 Å². The molecule has 0 saturated carbocycles. The first-order valence-corrected chi connectivity index (χ1v) is 3.57. The van der Waals surface area contributed by atoms with Crippen molar-refractivity contribution in [3.05, 3.63) is 11.9 Å². The lowest BCUT2D eigenvalue weighted by atomic mass is 10.1. The molecule has 12 heavy (non-hydrogen) atoms. The lowest BCUT2D eigenvalue weighted by Gasteiger charge is -2.20. The molecule has 1 N–H and O–H groups in total. The van der Waals surface area contributed by atoms with Gasteiger partial charge in [-0.05, 0) is 20.8 Å². The zero-order chi connectivity index (χ0) is 9.35. The van der Waals surface area contributed by atoms with Crippen molar-refractivity contribution in [1.29, 1.82) is 0 Å². The Morgan fingerprint density at radius 2 is 2.25 bits per heavy atom. The Bertz CT molecular complexity index is 303. The molecular weight excluding hydrogens is 158 g/mol. The van der Waals surface area contributed by atoms with E-state index in [2.05, 4.69) is 10.3 Å². The molecule has 0 fully saturated rings. The molecule has 0 unspecified atom stereocenters. The van der Waals surface area contributed by atoms with Crippen LogP contribution in [0, 0.1) is 6.92 Å². The molecule has 0 bridgehead atoms. The van der Waals surface area contributed by atoms with Crippen molar-refractivity contribution in [3.8, 4) is 0 Å². The largest absolute Gasteiger partial charge is 0.479 e. The van der Waals surface area contributed by atoms with Crippen LogP contribution in [0.15, 0.2) is 6.20 Å². The van der Waals surface area contributed by atoms with E-state index in [4.69, 9.17) is 5.11 Å². The number of hydrogen-bond donors (Lipinski definition) is 1. The maximum atomic E-state index is 10.8. The maximum absolute atomic E-state index is 10.8. The Morgan fingerprint density at radius 3 is 2.58 bits per heavy atom. The second kappa shape index (κ2) is 2.58. The van der Waals surface area contributed by atoms with Crippen LogP contribution in [0.5, 0.6) is 0 Å². The smallest absolute Gasteiger partial charge is 0.331 e. The van der Waals surface area contributed by atoms with Crippen molar-refractivity contribution < 1.29 is 9.90 Å². The highest BCUT2D eigenvalue weighted by Crippen LogP contribution is 2.15. The van der Waals surface area contributed by atoms with Gasteiger partial charge in [0.25, 0.3) is 0 Å². The number of carboxylic acids is 1. The monoisotopic (exact) mass is 169 g/mol. The summed E-state index contributed by atoms with van der Waals surface area (Å²) in [5, 5.41) is 16.2. The molecule has 0 aliphatic heterocycles. The van der Waals surface area contributed by atoms with E-state index in [1.165, 1.54) is 10.9 Å². The Hall–Kier alpha value is -1.39. The number of aliphatic carboxylic acids is 1. The second-order valence-electron chi connectivity index (χ2n) is 3.15. The van der Waals surface area contributed by atoms with Crippen LogP contribution in [0.2, 0.25) is 0 Å². The van der Waals surface area contributed by atoms with Gasteiger partial charge in [0, 0.05) is 0 Å². The van der Waals surface area contributed by atoms with Crippen molar-refractivity contribution in [2.24, 2.45) is 0 Å². The molecule has 1 aromatic heterocycles. The quantitative estimate of drug-likeness (QED) is 0.696. The predicted octanol–water partition coefficient (Wildman–Crippen LogP) is 0.406. The molecule has 1 heterocycles. The number of carbonyl (C=O) groups is 1. The van der Waals surface area contributed by atoms with Crippen LogP contribution in [0.4, 0.5) is 0 Å². The summed E-state index contributed by atoms with van der Waals surface area (Å²) < 4.78 is 1.38. The van der Waals surface area contributed by atoms with E-state index in [0.29, 0.717) is 0 Å². The fourth-order valence-corrected chi connectivity index (χ4v) is 0.930. The molecule has 0 amide bonds. The lowest BCUT2D eigenvalue weighted by molar-refractivity contribution is -0.146. The van der Waals surface area contributed by atoms with Crippen molar-refractivity contribution in [3.63, 3.8) is 0 Å². The summed E-state index contributed by atoms with van der Waals surface area (Å²) in [4.78, 5) is 10.8. The normalized spacial score (nSPS) is 11.6. The topological polar surface area (TPSA) is 68.0 Å². The highest BCUT2D eigenvalue weighted by molar-refractivity contribution is 5.75. The van der Waals surface area contributed by atoms with Gasteiger partial charge in [-0.1, -0.05) is 5.21 Å². The van der Waals surface area contributed by atoms with Gasteiger partial charge in [-0.3, -0.25) is 0 Å². The molecule has 0 aromatic carbocycles. The van der Waals surface area contributed by atoms with Crippen molar-refractivity contribution in [1.82, 2.24) is 15.0 Å². The Labute approximate surface area is 70.0 Å². The lowest BCUT2D eigenvalue weighted by Crippen LogP contribution is -2.37. The number of hydrogen-bond acceptors (Lipinski definition) is 3. The number of aryl methyl sites for hydroxylation is 1. The molecule has 0 aliphatic rings. The third kappa shape index (κ3) is 1.17. The fraction of sp³-hybridized carbons (Fsp3) is 0.571. The van der Waals surface area contributed by atoms with Gasteiger partial charge in [-0.2, -0.15) is 0 Å². The van der Waals surface area contributed by atoms with E-state index < -0.39 is 11.5 Å².